The summed E-state index contributed by atoms with van der Waals surface area (Å²) in [7, 11) is 0. The minimum absolute atomic E-state index is 0.504. The first-order chi connectivity index (χ1) is 8.57. The number of rotatable bonds is 4. The molecule has 1 fully saturated rings. The standard InChI is InChI=1S/C16H26N2/c1-16(2)10-6-12-18(13-16)11-5-8-14-7-3-4-9-15(14)17/h3-4,7,9H,5-6,8,10-13,17H2,1-2H3. The summed E-state index contributed by atoms with van der Waals surface area (Å²) in [4.78, 5) is 2.61. The highest BCUT2D eigenvalue weighted by Gasteiger charge is 2.25. The largest absolute Gasteiger partial charge is 0.399 e. The first kappa shape index (κ1) is 13.4. The molecule has 100 valence electrons. The third-order valence-electron chi connectivity index (χ3n) is 3.96. The predicted octanol–water partition coefficient (Wildman–Crippen LogP) is 3.32. The second-order valence-electron chi connectivity index (χ2n) is 6.35. The maximum atomic E-state index is 5.97. The highest BCUT2D eigenvalue weighted by Crippen LogP contribution is 2.28. The van der Waals surface area contributed by atoms with Crippen molar-refractivity contribution in [2.75, 3.05) is 25.4 Å². The average Bonchev–Trinajstić information content (AvgIpc) is 2.30. The van der Waals surface area contributed by atoms with Gasteiger partial charge in [-0.05, 0) is 55.8 Å². The highest BCUT2D eigenvalue weighted by molar-refractivity contribution is 5.46. The third-order valence-corrected chi connectivity index (χ3v) is 3.96. The molecule has 0 spiro atoms. The lowest BCUT2D eigenvalue weighted by molar-refractivity contribution is 0.117. The molecule has 0 bridgehead atoms. The van der Waals surface area contributed by atoms with E-state index in [-0.39, 0.29) is 0 Å². The Hall–Kier alpha value is -1.02. The van der Waals surface area contributed by atoms with Gasteiger partial charge in [0.25, 0.3) is 0 Å². The van der Waals surface area contributed by atoms with Gasteiger partial charge in [0.1, 0.15) is 0 Å². The van der Waals surface area contributed by atoms with Gasteiger partial charge in [-0.2, -0.15) is 0 Å². The molecule has 1 aliphatic rings. The van der Waals surface area contributed by atoms with E-state index in [9.17, 15) is 0 Å². The maximum absolute atomic E-state index is 5.97. The Labute approximate surface area is 111 Å². The van der Waals surface area contributed by atoms with Crippen molar-refractivity contribution in [2.24, 2.45) is 5.41 Å². The summed E-state index contributed by atoms with van der Waals surface area (Å²) in [6.07, 6.45) is 5.03. The minimum atomic E-state index is 0.504. The van der Waals surface area contributed by atoms with Crippen molar-refractivity contribution in [3.8, 4) is 0 Å². The molecule has 2 heteroatoms. The lowest BCUT2D eigenvalue weighted by Crippen LogP contribution is -2.40. The third kappa shape index (κ3) is 3.74. The van der Waals surface area contributed by atoms with Gasteiger partial charge < -0.3 is 10.6 Å². The van der Waals surface area contributed by atoms with Crippen molar-refractivity contribution < 1.29 is 0 Å². The Morgan fingerprint density at radius 3 is 2.78 bits per heavy atom. The van der Waals surface area contributed by atoms with Crippen LogP contribution in [-0.2, 0) is 6.42 Å². The van der Waals surface area contributed by atoms with E-state index < -0.39 is 0 Å². The molecule has 1 saturated heterocycles. The van der Waals surface area contributed by atoms with Gasteiger partial charge in [-0.1, -0.05) is 32.0 Å². The smallest absolute Gasteiger partial charge is 0.0346 e. The second kappa shape index (κ2) is 5.75. The summed E-state index contributed by atoms with van der Waals surface area (Å²) in [5.74, 6) is 0. The van der Waals surface area contributed by atoms with Crippen LogP contribution in [-0.4, -0.2) is 24.5 Å². The number of aryl methyl sites for hydroxylation is 1. The molecule has 1 aromatic carbocycles. The summed E-state index contributed by atoms with van der Waals surface area (Å²) in [6, 6.07) is 8.23. The highest BCUT2D eigenvalue weighted by atomic mass is 15.1. The van der Waals surface area contributed by atoms with Gasteiger partial charge in [0, 0.05) is 12.2 Å². The molecule has 0 aromatic heterocycles. The topological polar surface area (TPSA) is 29.3 Å². The van der Waals surface area contributed by atoms with E-state index in [1.54, 1.807) is 0 Å². The molecule has 0 aliphatic carbocycles. The Morgan fingerprint density at radius 1 is 1.28 bits per heavy atom. The van der Waals surface area contributed by atoms with Crippen molar-refractivity contribution in [2.45, 2.75) is 39.5 Å². The fourth-order valence-corrected chi connectivity index (χ4v) is 2.99. The summed E-state index contributed by atoms with van der Waals surface area (Å²) in [5, 5.41) is 0. The molecule has 2 rings (SSSR count). The number of nitrogen functional groups attached to an aromatic ring is 1. The van der Waals surface area contributed by atoms with Crippen LogP contribution < -0.4 is 5.73 Å². The molecule has 0 saturated carbocycles. The fraction of sp³-hybridized carbons (Fsp3) is 0.625. The number of para-hydroxylation sites is 1. The molecule has 0 amide bonds. The number of likely N-dealkylation sites (tertiary alicyclic amines) is 1. The number of piperidine rings is 1. The van der Waals surface area contributed by atoms with E-state index in [0.29, 0.717) is 5.41 Å². The number of hydrogen-bond donors (Lipinski definition) is 1. The Kier molecular flexibility index (Phi) is 4.28. The number of nitrogens with two attached hydrogens (primary N) is 1. The van der Waals surface area contributed by atoms with Gasteiger partial charge >= 0.3 is 0 Å². The molecule has 1 aliphatic heterocycles. The monoisotopic (exact) mass is 246 g/mol. The Morgan fingerprint density at radius 2 is 2.06 bits per heavy atom. The van der Waals surface area contributed by atoms with Crippen LogP contribution in [0.3, 0.4) is 0 Å². The molecular formula is C16H26N2. The van der Waals surface area contributed by atoms with Crippen molar-refractivity contribution in [3.63, 3.8) is 0 Å². The normalized spacial score (nSPS) is 19.9. The first-order valence-electron chi connectivity index (χ1n) is 7.13. The zero-order chi connectivity index (χ0) is 13.0. The molecule has 2 nitrogen and oxygen atoms in total. The van der Waals surface area contributed by atoms with Crippen LogP contribution in [0.15, 0.2) is 24.3 Å². The van der Waals surface area contributed by atoms with Crippen LogP contribution >= 0.6 is 0 Å². The molecule has 1 heterocycles. The van der Waals surface area contributed by atoms with Crippen LogP contribution in [0.2, 0.25) is 0 Å². The molecular weight excluding hydrogens is 220 g/mol. The minimum Gasteiger partial charge on any atom is -0.399 e. The van der Waals surface area contributed by atoms with E-state index in [1.807, 2.05) is 12.1 Å². The maximum Gasteiger partial charge on any atom is 0.0346 e. The van der Waals surface area contributed by atoms with Crippen LogP contribution in [0.4, 0.5) is 5.69 Å². The van der Waals surface area contributed by atoms with Crippen LogP contribution in [0.1, 0.15) is 38.7 Å². The number of nitrogens with zero attached hydrogens (tertiary/aromatic N) is 1. The van der Waals surface area contributed by atoms with E-state index in [4.69, 9.17) is 5.73 Å². The Bertz CT molecular complexity index is 384. The quantitative estimate of drug-likeness (QED) is 0.826. The van der Waals surface area contributed by atoms with E-state index >= 15 is 0 Å². The van der Waals surface area contributed by atoms with Gasteiger partial charge in [0.05, 0.1) is 0 Å². The number of benzene rings is 1. The van der Waals surface area contributed by atoms with E-state index in [2.05, 4.69) is 30.9 Å². The van der Waals surface area contributed by atoms with Crippen LogP contribution in [0.25, 0.3) is 0 Å². The summed E-state index contributed by atoms with van der Waals surface area (Å²) in [5.41, 5.74) is 8.71. The van der Waals surface area contributed by atoms with Gasteiger partial charge in [0.2, 0.25) is 0 Å². The SMILES string of the molecule is CC1(C)CCCN(CCCc2ccccc2N)C1. The summed E-state index contributed by atoms with van der Waals surface area (Å²) in [6.45, 7) is 8.49. The fourth-order valence-electron chi connectivity index (χ4n) is 2.99. The van der Waals surface area contributed by atoms with Crippen molar-refractivity contribution in [1.82, 2.24) is 4.90 Å². The molecule has 0 unspecified atom stereocenters. The first-order valence-corrected chi connectivity index (χ1v) is 7.13. The lowest BCUT2D eigenvalue weighted by Gasteiger charge is -2.38. The van der Waals surface area contributed by atoms with Crippen molar-refractivity contribution in [3.05, 3.63) is 29.8 Å². The van der Waals surface area contributed by atoms with Crippen molar-refractivity contribution in [1.29, 1.82) is 0 Å². The van der Waals surface area contributed by atoms with Gasteiger partial charge in [0.15, 0.2) is 0 Å². The summed E-state index contributed by atoms with van der Waals surface area (Å²) < 4.78 is 0. The van der Waals surface area contributed by atoms with Gasteiger partial charge in [-0.3, -0.25) is 0 Å². The molecule has 0 atom stereocenters. The van der Waals surface area contributed by atoms with Crippen molar-refractivity contribution >= 4 is 5.69 Å². The van der Waals surface area contributed by atoms with Gasteiger partial charge in [-0.15, -0.1) is 0 Å². The zero-order valence-corrected chi connectivity index (χ0v) is 11.8. The molecule has 2 N–H and O–H groups in total. The lowest BCUT2D eigenvalue weighted by atomic mass is 9.84. The Balaban J connectivity index is 1.77. The number of hydrogen-bond acceptors (Lipinski definition) is 2. The number of anilines is 1. The van der Waals surface area contributed by atoms with E-state index in [1.165, 1.54) is 44.5 Å². The second-order valence-corrected chi connectivity index (χ2v) is 6.35. The van der Waals surface area contributed by atoms with Gasteiger partial charge in [-0.25, -0.2) is 0 Å². The zero-order valence-electron chi connectivity index (χ0n) is 11.8. The predicted molar refractivity (Wildman–Crippen MR) is 78.6 cm³/mol. The van der Waals surface area contributed by atoms with Crippen LogP contribution in [0.5, 0.6) is 0 Å². The van der Waals surface area contributed by atoms with E-state index in [0.717, 1.165) is 12.1 Å². The van der Waals surface area contributed by atoms with Crippen LogP contribution in [0, 0.1) is 5.41 Å². The molecule has 0 radical (unpaired) electrons. The summed E-state index contributed by atoms with van der Waals surface area (Å²) >= 11 is 0. The molecule has 18 heavy (non-hydrogen) atoms. The molecule has 1 aromatic rings. The average molecular weight is 246 g/mol.